The van der Waals surface area contributed by atoms with Crippen LogP contribution in [0.5, 0.6) is 0 Å². The molecule has 2 bridgehead atoms. The third kappa shape index (κ3) is 3.38. The van der Waals surface area contributed by atoms with Crippen molar-refractivity contribution in [1.29, 1.82) is 0 Å². The highest BCUT2D eigenvalue weighted by atomic mass is 32.3. The summed E-state index contributed by atoms with van der Waals surface area (Å²) < 4.78 is 36.7. The number of quaternary nitrogens is 1. The summed E-state index contributed by atoms with van der Waals surface area (Å²) in [7, 11) is -5.07. The van der Waals surface area contributed by atoms with Gasteiger partial charge in [0.15, 0.2) is 0 Å². The first-order chi connectivity index (χ1) is 11.3. The number of rotatable bonds is 4. The molecule has 0 aromatic rings. The minimum atomic E-state index is -5.07. The summed E-state index contributed by atoms with van der Waals surface area (Å²) in [5.41, 5.74) is 0.609. The molecule has 0 unspecified atom stereocenters. The lowest BCUT2D eigenvalue weighted by Crippen LogP contribution is -2.87. The van der Waals surface area contributed by atoms with Gasteiger partial charge in [-0.3, -0.25) is 4.79 Å². The summed E-state index contributed by atoms with van der Waals surface area (Å²) in [6, 6.07) is -2.25. The number of nitrogens with two attached hydrogens (primary N) is 1. The molecule has 2 atom stereocenters. The molecule has 24 heavy (non-hydrogen) atoms. The second kappa shape index (κ2) is 6.31. The van der Waals surface area contributed by atoms with Gasteiger partial charge in [-0.15, -0.1) is 0 Å². The van der Waals surface area contributed by atoms with Crippen LogP contribution < -0.4 is 10.6 Å². The van der Waals surface area contributed by atoms with Gasteiger partial charge in [0.1, 0.15) is 12.1 Å². The average Bonchev–Trinajstić information content (AvgIpc) is 2.77. The van der Waals surface area contributed by atoms with Crippen LogP contribution in [0.25, 0.3) is 0 Å². The molecule has 0 radical (unpaired) electrons. The van der Waals surface area contributed by atoms with Gasteiger partial charge in [0.25, 0.3) is 0 Å². The number of carbonyl (C=O) groups excluding carboxylic acids is 2. The highest BCUT2D eigenvalue weighted by Gasteiger charge is 2.48. The number of nitrogens with one attached hydrogen (secondary N) is 1. The van der Waals surface area contributed by atoms with Crippen molar-refractivity contribution in [3.63, 3.8) is 0 Å². The predicted molar refractivity (Wildman–Crippen MR) is 78.9 cm³/mol. The smallest absolute Gasteiger partial charge is 0.346 e. The van der Waals surface area contributed by atoms with Gasteiger partial charge in [-0.05, 0) is 12.5 Å². The first kappa shape index (κ1) is 17.1. The molecular weight excluding hydrogens is 340 g/mol. The van der Waals surface area contributed by atoms with Crippen molar-refractivity contribution >= 4 is 22.3 Å². The van der Waals surface area contributed by atoms with Crippen LogP contribution in [0, 0.1) is 0 Å². The number of carbonyl (C=O) groups is 2. The van der Waals surface area contributed by atoms with E-state index in [1.807, 2.05) is 0 Å². The maximum absolute atomic E-state index is 12.5. The van der Waals surface area contributed by atoms with Crippen molar-refractivity contribution in [2.45, 2.75) is 37.9 Å². The van der Waals surface area contributed by atoms with E-state index in [0.717, 1.165) is 25.9 Å². The second-order valence-electron chi connectivity index (χ2n) is 6.26. The molecule has 3 heterocycles. The molecule has 0 aromatic carbocycles. The zero-order valence-corrected chi connectivity index (χ0v) is 14.0. The third-order valence-corrected chi connectivity index (χ3v) is 4.94. The highest BCUT2D eigenvalue weighted by Crippen LogP contribution is 2.30. The number of piperidine rings is 1. The molecule has 3 amide bonds. The van der Waals surface area contributed by atoms with Crippen LogP contribution in [0.3, 0.4) is 0 Å². The Balaban J connectivity index is 1.74. The van der Waals surface area contributed by atoms with Crippen LogP contribution in [0.2, 0.25) is 0 Å². The maximum atomic E-state index is 12.5. The van der Waals surface area contributed by atoms with E-state index >= 15 is 0 Å². The summed E-state index contributed by atoms with van der Waals surface area (Å²) in [6.07, 6.45) is 3.33. The van der Waals surface area contributed by atoms with E-state index in [4.69, 9.17) is 0 Å². The molecule has 2 saturated heterocycles. The van der Waals surface area contributed by atoms with Crippen molar-refractivity contribution in [3.8, 4) is 0 Å². The Morgan fingerprint density at radius 1 is 1.42 bits per heavy atom. The minimum Gasteiger partial charge on any atom is -0.724 e. The van der Waals surface area contributed by atoms with Crippen molar-refractivity contribution in [1.82, 2.24) is 15.3 Å². The number of hydrogen-bond acceptors (Lipinski definition) is 6. The zero-order chi connectivity index (χ0) is 17.5. The number of urea groups is 1. The molecule has 3 aliphatic heterocycles. The summed E-state index contributed by atoms with van der Waals surface area (Å²) in [4.78, 5) is 26.1. The molecule has 0 saturated carbocycles. The van der Waals surface area contributed by atoms with Gasteiger partial charge >= 0.3 is 6.03 Å². The van der Waals surface area contributed by atoms with Crippen molar-refractivity contribution < 1.29 is 32.2 Å². The Morgan fingerprint density at radius 2 is 2.08 bits per heavy atom. The van der Waals surface area contributed by atoms with Gasteiger partial charge < -0.3 is 20.1 Å². The molecule has 11 heteroatoms. The monoisotopic (exact) mass is 360 g/mol. The lowest BCUT2D eigenvalue weighted by Gasteiger charge is -2.30. The van der Waals surface area contributed by atoms with Gasteiger partial charge in [-0.25, -0.2) is 13.2 Å². The predicted octanol–water partition coefficient (Wildman–Crippen LogP) is -2.35. The lowest BCUT2D eigenvalue weighted by molar-refractivity contribution is -0.663. The Bertz CT molecular complexity index is 672. The van der Waals surface area contributed by atoms with Crippen LogP contribution in [-0.2, 0) is 19.5 Å². The molecule has 0 spiro atoms. The highest BCUT2D eigenvalue weighted by molar-refractivity contribution is 7.80. The Hall–Kier alpha value is -1.69. The van der Waals surface area contributed by atoms with Crippen molar-refractivity contribution in [3.05, 3.63) is 11.6 Å². The van der Waals surface area contributed by atoms with Crippen LogP contribution in [-0.4, -0.2) is 72.6 Å². The molecule has 0 aromatic heterocycles. The van der Waals surface area contributed by atoms with Crippen LogP contribution in [0.4, 0.5) is 4.79 Å². The summed E-state index contributed by atoms with van der Waals surface area (Å²) >= 11 is 0. The summed E-state index contributed by atoms with van der Waals surface area (Å²) in [5, 5.41) is 5.66. The van der Waals surface area contributed by atoms with Crippen LogP contribution >= 0.6 is 0 Å². The SMILES string of the molecule is CC1=C[C@@H](C(=O)NC2CC[NH2+]CC2)N2C[C@@H]1N(OS(=O)(=O)[O-])C2=O. The topological polar surface area (TPSA) is 136 Å². The zero-order valence-electron chi connectivity index (χ0n) is 13.2. The fourth-order valence-electron chi connectivity index (χ4n) is 3.37. The number of fused-ring (bicyclic) bond motifs is 2. The largest absolute Gasteiger partial charge is 0.724 e. The van der Waals surface area contributed by atoms with Gasteiger partial charge in [-0.2, -0.15) is 9.35 Å². The quantitative estimate of drug-likeness (QED) is 0.327. The fraction of sp³-hybridized carbons (Fsp3) is 0.692. The molecule has 3 rings (SSSR count). The van der Waals surface area contributed by atoms with Gasteiger partial charge in [0.2, 0.25) is 16.3 Å². The first-order valence-corrected chi connectivity index (χ1v) is 9.15. The molecule has 2 fully saturated rings. The standard InChI is InChI=1S/C13H20N4O6S/c1-8-6-10(12(18)15-9-2-4-14-5-3-9)16-7-11(8)17(13(16)19)23-24(20,21)22/h6,9-11,14H,2-5,7H2,1H3,(H,15,18)(H,20,21,22)/t10-,11-/m0/s1. The molecule has 0 aliphatic carbocycles. The van der Waals surface area contributed by atoms with Crippen molar-refractivity contribution in [2.75, 3.05) is 19.6 Å². The molecule has 3 aliphatic rings. The molecule has 10 nitrogen and oxygen atoms in total. The first-order valence-electron chi connectivity index (χ1n) is 7.82. The fourth-order valence-corrected chi connectivity index (χ4v) is 3.73. The van der Waals surface area contributed by atoms with E-state index in [1.54, 1.807) is 13.0 Å². The maximum Gasteiger partial charge on any atom is 0.346 e. The van der Waals surface area contributed by atoms with Gasteiger partial charge in [-0.1, -0.05) is 6.08 Å². The minimum absolute atomic E-state index is 0.0704. The molecule has 134 valence electrons. The average molecular weight is 360 g/mol. The van der Waals surface area contributed by atoms with Gasteiger partial charge in [0, 0.05) is 18.9 Å². The van der Waals surface area contributed by atoms with Crippen LogP contribution in [0.15, 0.2) is 11.6 Å². The van der Waals surface area contributed by atoms with E-state index < -0.39 is 28.5 Å². The Labute approximate surface area is 139 Å². The van der Waals surface area contributed by atoms with E-state index in [-0.39, 0.29) is 18.5 Å². The van der Waals surface area contributed by atoms with E-state index in [1.165, 1.54) is 4.90 Å². The van der Waals surface area contributed by atoms with E-state index in [9.17, 15) is 22.6 Å². The molecular formula is C13H20N4O6S. The Morgan fingerprint density at radius 3 is 2.71 bits per heavy atom. The van der Waals surface area contributed by atoms with E-state index in [2.05, 4.69) is 14.9 Å². The number of nitrogens with zero attached hydrogens (tertiary/aromatic N) is 2. The van der Waals surface area contributed by atoms with E-state index in [0.29, 0.717) is 10.6 Å². The lowest BCUT2D eigenvalue weighted by atomic mass is 10.00. The Kier molecular flexibility index (Phi) is 4.51. The number of hydrogen-bond donors (Lipinski definition) is 2. The van der Waals surface area contributed by atoms with Crippen LogP contribution in [0.1, 0.15) is 19.8 Å². The third-order valence-electron chi connectivity index (χ3n) is 4.59. The second-order valence-corrected chi connectivity index (χ2v) is 7.23. The van der Waals surface area contributed by atoms with Gasteiger partial charge in [0.05, 0.1) is 19.6 Å². The molecule has 3 N–H and O–H groups in total. The summed E-state index contributed by atoms with van der Waals surface area (Å²) in [6.45, 7) is 3.66. The number of amides is 3. The van der Waals surface area contributed by atoms with Crippen molar-refractivity contribution in [2.24, 2.45) is 0 Å². The normalized spacial score (nSPS) is 28.1. The number of hydroxylamine groups is 2. The summed E-state index contributed by atoms with van der Waals surface area (Å²) in [5.74, 6) is -0.306.